The Hall–Kier alpha value is -6.38. The SMILES string of the molecule is CC1(C)c2ccccc2-c2c(-c3ccc(N(c4ccc5c(c4)oc4ccccc45)c4ccccc4-c4cccc5cccc(C6CCCCC6)c45)cc3)cccc21. The molecule has 0 atom stereocenters. The Morgan fingerprint density at radius 3 is 2.02 bits per heavy atom. The van der Waals surface area contributed by atoms with Gasteiger partial charge in [-0.2, -0.15) is 0 Å². The Morgan fingerprint density at radius 2 is 1.16 bits per heavy atom. The molecule has 9 aromatic rings. The van der Waals surface area contributed by atoms with E-state index < -0.39 is 0 Å². The van der Waals surface area contributed by atoms with E-state index in [1.165, 1.54) is 92.9 Å². The van der Waals surface area contributed by atoms with Gasteiger partial charge < -0.3 is 9.32 Å². The zero-order valence-corrected chi connectivity index (χ0v) is 32.6. The van der Waals surface area contributed by atoms with E-state index in [2.05, 4.69) is 183 Å². The summed E-state index contributed by atoms with van der Waals surface area (Å²) in [6.07, 6.45) is 6.49. The fraction of sp³-hybridized carbons (Fsp3) is 0.164. The van der Waals surface area contributed by atoms with Crippen LogP contribution in [0.1, 0.15) is 68.6 Å². The lowest BCUT2D eigenvalue weighted by Gasteiger charge is -2.29. The third-order valence-corrected chi connectivity index (χ3v) is 13.1. The number of anilines is 3. The lowest BCUT2D eigenvalue weighted by molar-refractivity contribution is 0.445. The molecule has 2 heteroatoms. The molecule has 1 aromatic heterocycles. The normalized spacial score (nSPS) is 14.9. The van der Waals surface area contributed by atoms with Crippen molar-refractivity contribution >= 4 is 49.8 Å². The maximum Gasteiger partial charge on any atom is 0.137 e. The van der Waals surface area contributed by atoms with Crippen LogP contribution in [0, 0.1) is 0 Å². The molecule has 0 bridgehead atoms. The molecule has 276 valence electrons. The van der Waals surface area contributed by atoms with E-state index in [4.69, 9.17) is 4.42 Å². The summed E-state index contributed by atoms with van der Waals surface area (Å²) in [6, 6.07) is 62.8. The van der Waals surface area contributed by atoms with Gasteiger partial charge in [-0.1, -0.05) is 161 Å². The van der Waals surface area contributed by atoms with E-state index in [0.717, 1.165) is 39.0 Å². The molecule has 57 heavy (non-hydrogen) atoms. The van der Waals surface area contributed by atoms with Gasteiger partial charge in [0.15, 0.2) is 0 Å². The molecule has 0 spiro atoms. The molecule has 2 aliphatic carbocycles. The van der Waals surface area contributed by atoms with E-state index in [1.807, 2.05) is 6.07 Å². The van der Waals surface area contributed by atoms with E-state index >= 15 is 0 Å². The van der Waals surface area contributed by atoms with Crippen LogP contribution in [0.25, 0.3) is 66.1 Å². The number of rotatable bonds is 6. The van der Waals surface area contributed by atoms with Crippen molar-refractivity contribution in [2.24, 2.45) is 0 Å². The number of benzene rings is 8. The van der Waals surface area contributed by atoms with Gasteiger partial charge >= 0.3 is 0 Å². The first kappa shape index (κ1) is 33.9. The molecular formula is C55H45NO. The van der Waals surface area contributed by atoms with Gasteiger partial charge in [-0.05, 0) is 110 Å². The zero-order chi connectivity index (χ0) is 38.1. The maximum atomic E-state index is 6.51. The van der Waals surface area contributed by atoms with Crippen molar-refractivity contribution in [3.8, 4) is 33.4 Å². The number of nitrogens with zero attached hydrogens (tertiary/aromatic N) is 1. The molecular weight excluding hydrogens is 691 g/mol. The monoisotopic (exact) mass is 735 g/mol. The molecule has 1 saturated carbocycles. The Morgan fingerprint density at radius 1 is 0.509 bits per heavy atom. The fourth-order valence-corrected chi connectivity index (χ4v) is 10.3. The molecule has 2 nitrogen and oxygen atoms in total. The first-order valence-corrected chi connectivity index (χ1v) is 20.7. The smallest absolute Gasteiger partial charge is 0.137 e. The number of hydrogen-bond acceptors (Lipinski definition) is 2. The van der Waals surface area contributed by atoms with Crippen molar-refractivity contribution in [2.45, 2.75) is 57.3 Å². The summed E-state index contributed by atoms with van der Waals surface area (Å²) in [7, 11) is 0. The average molecular weight is 736 g/mol. The summed E-state index contributed by atoms with van der Waals surface area (Å²) in [4.78, 5) is 2.43. The van der Waals surface area contributed by atoms with Crippen LogP contribution in [0.5, 0.6) is 0 Å². The van der Waals surface area contributed by atoms with Crippen LogP contribution in [0.2, 0.25) is 0 Å². The largest absolute Gasteiger partial charge is 0.456 e. The van der Waals surface area contributed by atoms with Gasteiger partial charge in [-0.3, -0.25) is 0 Å². The second-order valence-corrected chi connectivity index (χ2v) is 16.7. The highest BCUT2D eigenvalue weighted by molar-refractivity contribution is 6.07. The lowest BCUT2D eigenvalue weighted by atomic mass is 9.80. The van der Waals surface area contributed by atoms with E-state index in [1.54, 1.807) is 0 Å². The number of fused-ring (bicyclic) bond motifs is 7. The van der Waals surface area contributed by atoms with Crippen LogP contribution in [0.15, 0.2) is 174 Å². The molecule has 2 aliphatic rings. The minimum atomic E-state index is -0.0455. The van der Waals surface area contributed by atoms with E-state index in [9.17, 15) is 0 Å². The minimum Gasteiger partial charge on any atom is -0.456 e. The molecule has 0 aliphatic heterocycles. The zero-order valence-electron chi connectivity index (χ0n) is 32.6. The molecule has 0 unspecified atom stereocenters. The van der Waals surface area contributed by atoms with Gasteiger partial charge in [0.1, 0.15) is 11.2 Å². The topological polar surface area (TPSA) is 16.4 Å². The van der Waals surface area contributed by atoms with Gasteiger partial charge in [0.25, 0.3) is 0 Å². The quantitative estimate of drug-likeness (QED) is 0.169. The highest BCUT2D eigenvalue weighted by atomic mass is 16.3. The molecule has 11 rings (SSSR count). The molecule has 0 N–H and O–H groups in total. The summed E-state index contributed by atoms with van der Waals surface area (Å²) >= 11 is 0. The fourth-order valence-electron chi connectivity index (χ4n) is 10.3. The van der Waals surface area contributed by atoms with Crippen LogP contribution < -0.4 is 4.90 Å². The van der Waals surface area contributed by atoms with Crippen molar-refractivity contribution in [3.63, 3.8) is 0 Å². The van der Waals surface area contributed by atoms with Crippen molar-refractivity contribution in [1.29, 1.82) is 0 Å². The molecule has 0 saturated heterocycles. The predicted molar refractivity (Wildman–Crippen MR) is 240 cm³/mol. The van der Waals surface area contributed by atoms with Gasteiger partial charge in [0.05, 0.1) is 5.69 Å². The number of furan rings is 1. The second-order valence-electron chi connectivity index (χ2n) is 16.7. The van der Waals surface area contributed by atoms with Gasteiger partial charge in [0.2, 0.25) is 0 Å². The predicted octanol–water partition coefficient (Wildman–Crippen LogP) is 15.9. The van der Waals surface area contributed by atoms with E-state index in [0.29, 0.717) is 5.92 Å². The standard InChI is InChI=1S/C55H45NO/c1-55(2)48-25-9-6-21-47(48)54-42(23-14-26-49(54)55)37-29-31-39(32-30-37)56(40-33-34-45-44-20-8-11-28-51(44)57-52(45)35-40)50-27-10-7-19-43(50)46-24-13-18-38-17-12-22-41(53(38)46)36-15-4-3-5-16-36/h6-14,17-36H,3-5,15-16H2,1-2H3. The molecule has 1 heterocycles. The number of para-hydroxylation sites is 2. The Balaban J connectivity index is 1.10. The van der Waals surface area contributed by atoms with Crippen molar-refractivity contribution in [1.82, 2.24) is 0 Å². The molecule has 8 aromatic carbocycles. The maximum absolute atomic E-state index is 6.51. The molecule has 0 amide bonds. The molecule has 1 fully saturated rings. The van der Waals surface area contributed by atoms with Crippen LogP contribution in [0.3, 0.4) is 0 Å². The van der Waals surface area contributed by atoms with E-state index in [-0.39, 0.29) is 5.41 Å². The van der Waals surface area contributed by atoms with Crippen LogP contribution in [-0.2, 0) is 5.41 Å². The average Bonchev–Trinajstić information content (AvgIpc) is 3.75. The minimum absolute atomic E-state index is 0.0455. The third-order valence-electron chi connectivity index (χ3n) is 13.1. The Kier molecular flexibility index (Phi) is 7.96. The molecule has 0 radical (unpaired) electrons. The van der Waals surface area contributed by atoms with Crippen LogP contribution in [0.4, 0.5) is 17.1 Å². The summed E-state index contributed by atoms with van der Waals surface area (Å²) < 4.78 is 6.51. The van der Waals surface area contributed by atoms with Gasteiger partial charge in [-0.25, -0.2) is 0 Å². The first-order chi connectivity index (χ1) is 28.0. The first-order valence-electron chi connectivity index (χ1n) is 20.7. The second kappa shape index (κ2) is 13.4. The van der Waals surface area contributed by atoms with Crippen molar-refractivity contribution < 1.29 is 4.42 Å². The lowest BCUT2D eigenvalue weighted by Crippen LogP contribution is -2.14. The third kappa shape index (κ3) is 5.46. The summed E-state index contributed by atoms with van der Waals surface area (Å²) in [6.45, 7) is 4.71. The van der Waals surface area contributed by atoms with Gasteiger partial charge in [0, 0.05) is 39.2 Å². The van der Waals surface area contributed by atoms with Crippen molar-refractivity contribution in [3.05, 3.63) is 187 Å². The Labute approximate surface area is 335 Å². The summed E-state index contributed by atoms with van der Waals surface area (Å²) in [5.41, 5.74) is 17.0. The van der Waals surface area contributed by atoms with Crippen LogP contribution in [-0.4, -0.2) is 0 Å². The van der Waals surface area contributed by atoms with Gasteiger partial charge in [-0.15, -0.1) is 0 Å². The highest BCUT2D eigenvalue weighted by Gasteiger charge is 2.36. The summed E-state index contributed by atoms with van der Waals surface area (Å²) in [5.74, 6) is 0.590. The number of hydrogen-bond donors (Lipinski definition) is 0. The van der Waals surface area contributed by atoms with Crippen LogP contribution >= 0.6 is 0 Å². The Bertz CT molecular complexity index is 2970. The van der Waals surface area contributed by atoms with Crippen molar-refractivity contribution in [2.75, 3.05) is 4.90 Å². The summed E-state index contributed by atoms with van der Waals surface area (Å²) in [5, 5.41) is 4.97. The highest BCUT2D eigenvalue weighted by Crippen LogP contribution is 2.52.